The number of carbonyl (C=O) groups excluding carboxylic acids is 2. The Bertz CT molecular complexity index is 534. The largest absolute Gasteiger partial charge is 0.463 e. The van der Waals surface area contributed by atoms with Gasteiger partial charge in [-0.1, -0.05) is 23.2 Å². The fourth-order valence-electron chi connectivity index (χ4n) is 1.30. The van der Waals surface area contributed by atoms with E-state index in [2.05, 4.69) is 4.74 Å². The molecule has 0 aromatic heterocycles. The van der Waals surface area contributed by atoms with Gasteiger partial charge in [0.2, 0.25) is 0 Å². The van der Waals surface area contributed by atoms with E-state index in [1.54, 1.807) is 0 Å². The van der Waals surface area contributed by atoms with Gasteiger partial charge in [-0.25, -0.2) is 4.79 Å². The molecular weight excluding hydrogens is 334 g/mol. The number of halogens is 5. The quantitative estimate of drug-likeness (QED) is 0.519. The van der Waals surface area contributed by atoms with Crippen molar-refractivity contribution in [1.29, 1.82) is 0 Å². The molecule has 0 saturated carbocycles. The Hall–Kier alpha value is -1.47. The van der Waals surface area contributed by atoms with E-state index in [0.29, 0.717) is 5.02 Å². The molecule has 0 aliphatic rings. The first-order valence-corrected chi connectivity index (χ1v) is 6.38. The standard InChI is InChI=1S/C12H10Cl2F3NO3/c1-2-21-10(20)11(14,12(15,16)17)18-9(19)7-3-5-8(13)6-4-7/h3-6H,2H2,1H3,(H,18,19)/t11-/m0/s1. The van der Waals surface area contributed by atoms with Gasteiger partial charge < -0.3 is 10.1 Å². The van der Waals surface area contributed by atoms with Crippen LogP contribution in [-0.4, -0.2) is 29.7 Å². The third kappa shape index (κ3) is 4.01. The highest BCUT2D eigenvalue weighted by Crippen LogP contribution is 2.35. The van der Waals surface area contributed by atoms with Crippen LogP contribution in [0.4, 0.5) is 13.2 Å². The molecule has 1 amide bonds. The van der Waals surface area contributed by atoms with Crippen LogP contribution < -0.4 is 5.32 Å². The number of rotatable bonds is 4. The molecular formula is C12H10Cl2F3NO3. The van der Waals surface area contributed by atoms with Gasteiger partial charge in [0.15, 0.2) is 0 Å². The Balaban J connectivity index is 3.04. The molecule has 9 heteroatoms. The Labute approximate surface area is 128 Å². The first-order chi connectivity index (χ1) is 9.61. The van der Waals surface area contributed by atoms with E-state index in [4.69, 9.17) is 23.2 Å². The zero-order valence-corrected chi connectivity index (χ0v) is 12.1. The lowest BCUT2D eigenvalue weighted by atomic mass is 10.2. The number of carbonyl (C=O) groups is 2. The van der Waals surface area contributed by atoms with Crippen molar-refractivity contribution in [3.63, 3.8) is 0 Å². The van der Waals surface area contributed by atoms with Crippen molar-refractivity contribution in [3.05, 3.63) is 34.9 Å². The van der Waals surface area contributed by atoms with Gasteiger partial charge in [0, 0.05) is 10.6 Å². The van der Waals surface area contributed by atoms with Crippen LogP contribution in [0.1, 0.15) is 17.3 Å². The van der Waals surface area contributed by atoms with Gasteiger partial charge in [0.05, 0.1) is 6.61 Å². The number of hydrogen-bond acceptors (Lipinski definition) is 3. The van der Waals surface area contributed by atoms with Gasteiger partial charge >= 0.3 is 17.1 Å². The summed E-state index contributed by atoms with van der Waals surface area (Å²) in [5.74, 6) is -2.99. The van der Waals surface area contributed by atoms with Gasteiger partial charge in [0.1, 0.15) is 0 Å². The minimum atomic E-state index is -5.23. The smallest absolute Gasteiger partial charge is 0.437 e. The topological polar surface area (TPSA) is 55.4 Å². The van der Waals surface area contributed by atoms with Crippen LogP contribution in [0, 0.1) is 0 Å². The molecule has 4 nitrogen and oxygen atoms in total. The zero-order chi connectivity index (χ0) is 16.3. The number of nitrogens with one attached hydrogen (secondary N) is 1. The number of benzene rings is 1. The van der Waals surface area contributed by atoms with Crippen molar-refractivity contribution >= 4 is 35.1 Å². The second-order valence-corrected chi connectivity index (χ2v) is 4.84. The van der Waals surface area contributed by atoms with E-state index >= 15 is 0 Å². The minimum absolute atomic E-state index is 0.141. The van der Waals surface area contributed by atoms with E-state index < -0.39 is 23.1 Å². The summed E-state index contributed by atoms with van der Waals surface area (Å²) in [6.45, 7) is 0.993. The van der Waals surface area contributed by atoms with Crippen LogP contribution in [0.3, 0.4) is 0 Å². The van der Waals surface area contributed by atoms with E-state index in [9.17, 15) is 22.8 Å². The normalized spacial score (nSPS) is 14.2. The molecule has 0 fully saturated rings. The first-order valence-electron chi connectivity index (χ1n) is 5.62. The molecule has 1 aromatic carbocycles. The molecule has 116 valence electrons. The summed E-state index contributed by atoms with van der Waals surface area (Å²) in [6, 6.07) is 5.00. The summed E-state index contributed by atoms with van der Waals surface area (Å²) in [7, 11) is 0. The summed E-state index contributed by atoms with van der Waals surface area (Å²) in [5, 5.41) is 1.73. The highest BCUT2D eigenvalue weighted by atomic mass is 35.5. The Morgan fingerprint density at radius 1 is 1.24 bits per heavy atom. The Morgan fingerprint density at radius 3 is 2.19 bits per heavy atom. The predicted octanol–water partition coefficient (Wildman–Crippen LogP) is 3.13. The molecule has 1 N–H and O–H groups in total. The van der Waals surface area contributed by atoms with Crippen LogP contribution in [0.5, 0.6) is 0 Å². The SMILES string of the molecule is CCOC(=O)[C@](Cl)(NC(=O)c1ccc(Cl)cc1)C(F)(F)F. The summed E-state index contributed by atoms with van der Waals surface area (Å²) >= 11 is 10.9. The number of esters is 1. The van der Waals surface area contributed by atoms with Gasteiger partial charge in [0.25, 0.3) is 5.91 Å². The molecule has 0 radical (unpaired) electrons. The van der Waals surface area contributed by atoms with Crippen LogP contribution in [0.15, 0.2) is 24.3 Å². The Kier molecular flexibility index (Phi) is 5.47. The monoisotopic (exact) mass is 343 g/mol. The molecule has 0 spiro atoms. The predicted molar refractivity (Wildman–Crippen MR) is 70.2 cm³/mol. The number of amides is 1. The van der Waals surface area contributed by atoms with E-state index in [1.807, 2.05) is 0 Å². The third-order valence-electron chi connectivity index (χ3n) is 2.34. The van der Waals surface area contributed by atoms with E-state index in [-0.39, 0.29) is 12.2 Å². The third-order valence-corrected chi connectivity index (χ3v) is 3.05. The molecule has 0 aliphatic carbocycles. The maximum Gasteiger partial charge on any atom is 0.437 e. The second kappa shape index (κ2) is 6.53. The van der Waals surface area contributed by atoms with E-state index in [0.717, 1.165) is 0 Å². The maximum absolute atomic E-state index is 12.9. The molecule has 0 saturated heterocycles. The number of ether oxygens (including phenoxy) is 1. The molecule has 0 unspecified atom stereocenters. The van der Waals surface area contributed by atoms with Crippen LogP contribution in [0.2, 0.25) is 5.02 Å². The van der Waals surface area contributed by atoms with E-state index in [1.165, 1.54) is 36.5 Å². The fourth-order valence-corrected chi connectivity index (χ4v) is 1.56. The highest BCUT2D eigenvalue weighted by molar-refractivity contribution is 6.35. The van der Waals surface area contributed by atoms with Crippen molar-refractivity contribution in [2.75, 3.05) is 6.61 Å². The van der Waals surface area contributed by atoms with Crippen LogP contribution in [-0.2, 0) is 9.53 Å². The molecule has 0 heterocycles. The lowest BCUT2D eigenvalue weighted by molar-refractivity contribution is -0.192. The molecule has 21 heavy (non-hydrogen) atoms. The van der Waals surface area contributed by atoms with Crippen molar-refractivity contribution in [3.8, 4) is 0 Å². The highest BCUT2D eigenvalue weighted by Gasteiger charge is 2.62. The van der Waals surface area contributed by atoms with Gasteiger partial charge in [-0.2, -0.15) is 13.2 Å². The van der Waals surface area contributed by atoms with Crippen LogP contribution >= 0.6 is 23.2 Å². The fraction of sp³-hybridized carbons (Fsp3) is 0.333. The molecule has 0 aliphatic heterocycles. The molecule has 1 aromatic rings. The van der Waals surface area contributed by atoms with Gasteiger partial charge in [-0.05, 0) is 31.2 Å². The molecule has 0 bridgehead atoms. The summed E-state index contributed by atoms with van der Waals surface area (Å²) in [4.78, 5) is 19.6. The summed E-state index contributed by atoms with van der Waals surface area (Å²) in [6.07, 6.45) is -5.23. The van der Waals surface area contributed by atoms with Crippen molar-refractivity contribution in [2.24, 2.45) is 0 Å². The van der Waals surface area contributed by atoms with Gasteiger partial charge in [-0.15, -0.1) is 0 Å². The number of hydrogen-bond donors (Lipinski definition) is 1. The first kappa shape index (κ1) is 17.6. The van der Waals surface area contributed by atoms with Crippen molar-refractivity contribution in [1.82, 2.24) is 5.32 Å². The van der Waals surface area contributed by atoms with Crippen LogP contribution in [0.25, 0.3) is 0 Å². The molecule has 1 atom stereocenters. The average Bonchev–Trinajstić information content (AvgIpc) is 2.38. The van der Waals surface area contributed by atoms with Crippen molar-refractivity contribution in [2.45, 2.75) is 18.1 Å². The minimum Gasteiger partial charge on any atom is -0.463 e. The van der Waals surface area contributed by atoms with Gasteiger partial charge in [-0.3, -0.25) is 4.79 Å². The average molecular weight is 344 g/mol. The lowest BCUT2D eigenvalue weighted by Gasteiger charge is -2.28. The summed E-state index contributed by atoms with van der Waals surface area (Å²) < 4.78 is 43.1. The number of alkyl halides is 4. The molecule has 1 rings (SSSR count). The lowest BCUT2D eigenvalue weighted by Crippen LogP contribution is -2.60. The summed E-state index contributed by atoms with van der Waals surface area (Å²) in [5.41, 5.74) is -0.141. The maximum atomic E-state index is 12.9. The zero-order valence-electron chi connectivity index (χ0n) is 10.6. The Morgan fingerprint density at radius 2 is 1.76 bits per heavy atom. The second-order valence-electron chi connectivity index (χ2n) is 3.84. The van der Waals surface area contributed by atoms with Crippen molar-refractivity contribution < 1.29 is 27.5 Å².